The molecule has 1 aliphatic heterocycles. The molecule has 0 amide bonds. The zero-order valence-electron chi connectivity index (χ0n) is 19.4. The molecule has 3 heterocycles. The number of nitrogens with two attached hydrogens (primary N) is 2. The van der Waals surface area contributed by atoms with Gasteiger partial charge in [0.05, 0.1) is 29.2 Å². The summed E-state index contributed by atoms with van der Waals surface area (Å²) in [5.74, 6) is -0.362. The Labute approximate surface area is 203 Å². The smallest absolute Gasteiger partial charge is 0.277 e. The lowest BCUT2D eigenvalue weighted by molar-refractivity contribution is 0.147. The van der Waals surface area contributed by atoms with Crippen LogP contribution in [0.2, 0.25) is 0 Å². The highest BCUT2D eigenvalue weighted by Gasteiger charge is 2.25. The number of aryl methyl sites for hydroxylation is 1. The van der Waals surface area contributed by atoms with Crippen LogP contribution < -0.4 is 16.2 Å². The number of aromatic nitrogens is 3. The van der Waals surface area contributed by atoms with Crippen molar-refractivity contribution in [1.29, 1.82) is 0 Å². The molecule has 2 aromatic heterocycles. The average molecular weight is 506 g/mol. The molecule has 4 N–H and O–H groups in total. The Morgan fingerprint density at radius 3 is 2.69 bits per heavy atom. The summed E-state index contributed by atoms with van der Waals surface area (Å²) in [6.45, 7) is 1.63. The molecular formula is C24H23F5N6O. The van der Waals surface area contributed by atoms with Crippen LogP contribution in [0.25, 0.3) is 11.1 Å². The predicted molar refractivity (Wildman–Crippen MR) is 125 cm³/mol. The van der Waals surface area contributed by atoms with Crippen LogP contribution in [0, 0.1) is 5.82 Å². The Kier molecular flexibility index (Phi) is 6.95. The molecule has 190 valence electrons. The lowest BCUT2D eigenvalue weighted by atomic mass is 9.98. The lowest BCUT2D eigenvalue weighted by Gasteiger charge is -2.20. The van der Waals surface area contributed by atoms with Crippen molar-refractivity contribution in [3.8, 4) is 16.9 Å². The minimum absolute atomic E-state index is 0.0401. The summed E-state index contributed by atoms with van der Waals surface area (Å²) in [6.07, 6.45) is -4.76. The van der Waals surface area contributed by atoms with E-state index in [2.05, 4.69) is 15.1 Å². The predicted octanol–water partition coefficient (Wildman–Crippen LogP) is 4.89. The number of rotatable bonds is 4. The van der Waals surface area contributed by atoms with Gasteiger partial charge in [-0.15, -0.1) is 0 Å². The molecule has 4 rings (SSSR count). The van der Waals surface area contributed by atoms with Gasteiger partial charge in [-0.1, -0.05) is 0 Å². The first-order valence-electron chi connectivity index (χ1n) is 10.9. The number of hydrogen-bond acceptors (Lipinski definition) is 6. The van der Waals surface area contributed by atoms with Crippen LogP contribution in [0.15, 0.2) is 47.2 Å². The molecule has 0 saturated heterocycles. The SMILES string of the molecule is CC1Oc2cc(cnc2N)-c2c(CC(F)F)nn(C)c2CC(C=C(N)C(F)F)=Nc2ccc(F)cc21. The zero-order valence-corrected chi connectivity index (χ0v) is 19.4. The Balaban J connectivity index is 2.02. The number of benzene rings is 1. The molecule has 0 aliphatic carbocycles. The fraction of sp³-hybridized carbons (Fsp3) is 0.292. The van der Waals surface area contributed by atoms with E-state index in [0.29, 0.717) is 22.4 Å². The molecule has 1 atom stereocenters. The van der Waals surface area contributed by atoms with E-state index in [0.717, 1.165) is 6.08 Å². The summed E-state index contributed by atoms with van der Waals surface area (Å²) in [4.78, 5) is 8.65. The van der Waals surface area contributed by atoms with Crippen LogP contribution in [0.5, 0.6) is 5.75 Å². The maximum atomic E-state index is 14.1. The summed E-state index contributed by atoms with van der Waals surface area (Å²) in [5, 5.41) is 4.25. The summed E-state index contributed by atoms with van der Waals surface area (Å²) >= 11 is 0. The van der Waals surface area contributed by atoms with E-state index < -0.39 is 36.9 Å². The van der Waals surface area contributed by atoms with Gasteiger partial charge in [-0.25, -0.2) is 26.9 Å². The highest BCUT2D eigenvalue weighted by atomic mass is 19.3. The largest absolute Gasteiger partial charge is 0.482 e. The van der Waals surface area contributed by atoms with Gasteiger partial charge in [-0.05, 0) is 37.3 Å². The normalized spacial score (nSPS) is 16.1. The van der Waals surface area contributed by atoms with E-state index in [-0.39, 0.29) is 35.1 Å². The molecule has 7 nitrogen and oxygen atoms in total. The van der Waals surface area contributed by atoms with Crippen molar-refractivity contribution in [3.63, 3.8) is 0 Å². The minimum atomic E-state index is -2.95. The number of nitrogen functional groups attached to an aromatic ring is 1. The van der Waals surface area contributed by atoms with E-state index in [1.807, 2.05) is 0 Å². The Morgan fingerprint density at radius 1 is 1.25 bits per heavy atom. The minimum Gasteiger partial charge on any atom is -0.482 e. The first-order chi connectivity index (χ1) is 17.0. The number of nitrogens with zero attached hydrogens (tertiary/aromatic N) is 4. The third-order valence-electron chi connectivity index (χ3n) is 5.69. The second kappa shape index (κ2) is 9.96. The van der Waals surface area contributed by atoms with Crippen LogP contribution in [0.1, 0.15) is 30.0 Å². The van der Waals surface area contributed by atoms with Crippen LogP contribution in [-0.2, 0) is 19.9 Å². The monoisotopic (exact) mass is 506 g/mol. The van der Waals surface area contributed by atoms with Crippen LogP contribution in [0.3, 0.4) is 0 Å². The second-order valence-corrected chi connectivity index (χ2v) is 8.28. The Hall–Kier alpha value is -3.96. The summed E-state index contributed by atoms with van der Waals surface area (Å²) in [7, 11) is 1.55. The molecule has 0 radical (unpaired) electrons. The molecule has 12 heteroatoms. The van der Waals surface area contributed by atoms with Crippen molar-refractivity contribution >= 4 is 17.2 Å². The van der Waals surface area contributed by atoms with E-state index in [1.165, 1.54) is 35.1 Å². The van der Waals surface area contributed by atoms with Gasteiger partial charge in [0.2, 0.25) is 6.43 Å². The number of alkyl halides is 4. The Morgan fingerprint density at radius 2 is 2.00 bits per heavy atom. The fourth-order valence-corrected chi connectivity index (χ4v) is 4.04. The van der Waals surface area contributed by atoms with E-state index >= 15 is 0 Å². The van der Waals surface area contributed by atoms with Crippen LogP contribution in [-0.4, -0.2) is 33.3 Å². The molecule has 0 saturated carbocycles. The van der Waals surface area contributed by atoms with Gasteiger partial charge >= 0.3 is 0 Å². The van der Waals surface area contributed by atoms with Crippen molar-refractivity contribution in [1.82, 2.24) is 14.8 Å². The molecular weight excluding hydrogens is 483 g/mol. The van der Waals surface area contributed by atoms with E-state index in [4.69, 9.17) is 16.2 Å². The van der Waals surface area contributed by atoms with Gasteiger partial charge in [0.1, 0.15) is 11.9 Å². The third kappa shape index (κ3) is 5.16. The Bertz CT molecular complexity index is 1350. The number of allylic oxidation sites excluding steroid dienone is 2. The van der Waals surface area contributed by atoms with Gasteiger partial charge in [-0.2, -0.15) is 5.10 Å². The van der Waals surface area contributed by atoms with E-state index in [9.17, 15) is 22.0 Å². The topological polar surface area (TPSA) is 104 Å². The molecule has 1 unspecified atom stereocenters. The standard InChI is InChI=1S/C24H23F5N6O/c1-11-15-6-13(25)3-4-17(15)33-14(7-16(30)23(28)29)8-19-22(18(9-21(26)27)34-35(19)2)12-5-20(36-11)24(31)32-10-12/h3-7,10-11,21,23H,8-9,30H2,1-2H3,(H2,31,32). The number of ether oxygens (including phenoxy) is 1. The van der Waals surface area contributed by atoms with Crippen molar-refractivity contribution in [2.45, 2.75) is 38.7 Å². The zero-order chi connectivity index (χ0) is 26.1. The highest BCUT2D eigenvalue weighted by molar-refractivity contribution is 5.99. The summed E-state index contributed by atoms with van der Waals surface area (Å²) in [6, 6.07) is 5.31. The third-order valence-corrected chi connectivity index (χ3v) is 5.69. The molecule has 0 fully saturated rings. The van der Waals surface area contributed by atoms with Crippen LogP contribution >= 0.6 is 0 Å². The van der Waals surface area contributed by atoms with Crippen molar-refractivity contribution < 1.29 is 26.7 Å². The fourth-order valence-electron chi connectivity index (χ4n) is 4.04. The van der Waals surface area contributed by atoms with Crippen LogP contribution in [0.4, 0.5) is 33.5 Å². The number of hydrogen-bond donors (Lipinski definition) is 2. The first kappa shape index (κ1) is 25.1. The lowest BCUT2D eigenvalue weighted by Crippen LogP contribution is -2.14. The number of fused-ring (bicyclic) bond motifs is 5. The first-order valence-corrected chi connectivity index (χ1v) is 10.9. The molecule has 36 heavy (non-hydrogen) atoms. The maximum Gasteiger partial charge on any atom is 0.277 e. The van der Waals surface area contributed by atoms with Gasteiger partial charge < -0.3 is 16.2 Å². The molecule has 3 aromatic rings. The molecule has 0 spiro atoms. The van der Waals surface area contributed by atoms with E-state index in [1.54, 1.807) is 14.0 Å². The van der Waals surface area contributed by atoms with Gasteiger partial charge in [-0.3, -0.25) is 9.67 Å². The summed E-state index contributed by atoms with van der Waals surface area (Å²) in [5.41, 5.74) is 12.7. The molecule has 2 bridgehead atoms. The molecule has 1 aromatic carbocycles. The summed E-state index contributed by atoms with van der Waals surface area (Å²) < 4.78 is 74.9. The van der Waals surface area contributed by atoms with Gasteiger partial charge in [0.25, 0.3) is 6.43 Å². The second-order valence-electron chi connectivity index (χ2n) is 8.28. The average Bonchev–Trinajstić information content (AvgIpc) is 3.09. The quantitative estimate of drug-likeness (QED) is 0.491. The van der Waals surface area contributed by atoms with Crippen molar-refractivity contribution in [3.05, 3.63) is 65.0 Å². The van der Waals surface area contributed by atoms with Crippen molar-refractivity contribution in [2.75, 3.05) is 5.73 Å². The van der Waals surface area contributed by atoms with Gasteiger partial charge in [0, 0.05) is 42.1 Å². The number of anilines is 1. The molecule has 1 aliphatic rings. The van der Waals surface area contributed by atoms with Crippen molar-refractivity contribution in [2.24, 2.45) is 17.8 Å². The number of pyridine rings is 1. The van der Waals surface area contributed by atoms with Gasteiger partial charge in [0.15, 0.2) is 11.6 Å². The number of halogens is 5. The highest BCUT2D eigenvalue weighted by Crippen LogP contribution is 2.37. The maximum absolute atomic E-state index is 14.1. The number of aliphatic imine (C=N–C) groups is 1.